The highest BCUT2D eigenvalue weighted by Gasteiger charge is 2.10. The number of hydrogen-bond acceptors (Lipinski definition) is 3. The van der Waals surface area contributed by atoms with Crippen molar-refractivity contribution in [2.75, 3.05) is 13.2 Å². The molecule has 1 amide bonds. The number of carbonyl (C=O) groups excluding carboxylic acids is 1. The normalized spacial score (nSPS) is 12.1. The summed E-state index contributed by atoms with van der Waals surface area (Å²) in [4.78, 5) is 21.3. The zero-order chi connectivity index (χ0) is 11.0. The maximum atomic E-state index is 10.9. The molecule has 0 aliphatic rings. The van der Waals surface area contributed by atoms with Gasteiger partial charge in [-0.1, -0.05) is 6.92 Å². The molecule has 14 heavy (non-hydrogen) atoms. The molecule has 1 atom stereocenters. The summed E-state index contributed by atoms with van der Waals surface area (Å²) in [7, 11) is 0. The van der Waals surface area contributed by atoms with Crippen molar-refractivity contribution in [3.05, 3.63) is 0 Å². The van der Waals surface area contributed by atoms with Crippen LogP contribution in [0.5, 0.6) is 0 Å². The fourth-order valence-electron chi connectivity index (χ4n) is 0.813. The van der Waals surface area contributed by atoms with E-state index in [4.69, 9.17) is 9.84 Å². The SMILES string of the molecule is CCCC(=O)NCCOC(C)C(=O)O. The monoisotopic (exact) mass is 203 g/mol. The average molecular weight is 203 g/mol. The van der Waals surface area contributed by atoms with Crippen molar-refractivity contribution in [1.29, 1.82) is 0 Å². The first-order valence-corrected chi connectivity index (χ1v) is 4.69. The minimum Gasteiger partial charge on any atom is -0.479 e. The van der Waals surface area contributed by atoms with Crippen LogP contribution >= 0.6 is 0 Å². The number of rotatable bonds is 7. The molecular weight excluding hydrogens is 186 g/mol. The third-order valence-corrected chi connectivity index (χ3v) is 1.62. The molecule has 0 bridgehead atoms. The van der Waals surface area contributed by atoms with Gasteiger partial charge in [-0.05, 0) is 13.3 Å². The molecule has 0 fully saturated rings. The van der Waals surface area contributed by atoms with Crippen LogP contribution < -0.4 is 5.32 Å². The second-order valence-corrected chi connectivity index (χ2v) is 2.95. The predicted molar refractivity (Wildman–Crippen MR) is 51.0 cm³/mol. The Labute approximate surface area is 83.4 Å². The lowest BCUT2D eigenvalue weighted by Gasteiger charge is -2.08. The molecule has 0 heterocycles. The van der Waals surface area contributed by atoms with Crippen LogP contribution in [-0.2, 0) is 14.3 Å². The van der Waals surface area contributed by atoms with Gasteiger partial charge < -0.3 is 15.2 Å². The molecule has 5 heteroatoms. The van der Waals surface area contributed by atoms with E-state index in [0.29, 0.717) is 13.0 Å². The number of aliphatic carboxylic acids is 1. The highest BCUT2D eigenvalue weighted by molar-refractivity contribution is 5.75. The van der Waals surface area contributed by atoms with Gasteiger partial charge in [0.05, 0.1) is 6.61 Å². The van der Waals surface area contributed by atoms with Crippen molar-refractivity contribution in [2.24, 2.45) is 0 Å². The van der Waals surface area contributed by atoms with Gasteiger partial charge in [0.1, 0.15) is 0 Å². The van der Waals surface area contributed by atoms with E-state index in [1.165, 1.54) is 6.92 Å². The van der Waals surface area contributed by atoms with Crippen LogP contribution in [0.1, 0.15) is 26.7 Å². The molecule has 0 aromatic heterocycles. The predicted octanol–water partition coefficient (Wildman–Crippen LogP) is 0.392. The molecule has 0 aromatic rings. The van der Waals surface area contributed by atoms with Gasteiger partial charge in [-0.2, -0.15) is 0 Å². The molecule has 0 aliphatic carbocycles. The molecule has 0 saturated carbocycles. The van der Waals surface area contributed by atoms with E-state index in [2.05, 4.69) is 5.32 Å². The Morgan fingerprint density at radius 3 is 2.64 bits per heavy atom. The Balaban J connectivity index is 3.37. The number of carboxylic acids is 1. The van der Waals surface area contributed by atoms with Crippen molar-refractivity contribution in [3.8, 4) is 0 Å². The number of nitrogens with one attached hydrogen (secondary N) is 1. The first-order chi connectivity index (χ1) is 6.57. The summed E-state index contributed by atoms with van der Waals surface area (Å²) in [6.07, 6.45) is 0.477. The molecule has 0 aromatic carbocycles. The van der Waals surface area contributed by atoms with E-state index in [1.54, 1.807) is 0 Å². The fourth-order valence-corrected chi connectivity index (χ4v) is 0.813. The van der Waals surface area contributed by atoms with E-state index in [9.17, 15) is 9.59 Å². The summed E-state index contributed by atoms with van der Waals surface area (Å²) in [6, 6.07) is 0. The van der Waals surface area contributed by atoms with Crippen molar-refractivity contribution in [3.63, 3.8) is 0 Å². The number of carboxylic acid groups (broad SMARTS) is 1. The van der Waals surface area contributed by atoms with E-state index < -0.39 is 12.1 Å². The molecule has 0 saturated heterocycles. The molecule has 0 aliphatic heterocycles. The number of carbonyl (C=O) groups is 2. The molecule has 0 rings (SSSR count). The van der Waals surface area contributed by atoms with Gasteiger partial charge in [-0.15, -0.1) is 0 Å². The van der Waals surface area contributed by atoms with Crippen LogP contribution in [-0.4, -0.2) is 36.2 Å². The molecule has 0 spiro atoms. The Morgan fingerprint density at radius 2 is 2.14 bits per heavy atom. The van der Waals surface area contributed by atoms with Crippen LogP contribution in [0.3, 0.4) is 0 Å². The van der Waals surface area contributed by atoms with Crippen LogP contribution in [0.25, 0.3) is 0 Å². The second-order valence-electron chi connectivity index (χ2n) is 2.95. The molecule has 1 unspecified atom stereocenters. The second kappa shape index (κ2) is 7.32. The molecule has 5 nitrogen and oxygen atoms in total. The van der Waals surface area contributed by atoms with Crippen molar-refractivity contribution >= 4 is 11.9 Å². The van der Waals surface area contributed by atoms with E-state index in [0.717, 1.165) is 6.42 Å². The summed E-state index contributed by atoms with van der Waals surface area (Å²) in [5.41, 5.74) is 0. The standard InChI is InChI=1S/C9H17NO4/c1-3-4-8(11)10-5-6-14-7(2)9(12)13/h7H,3-6H2,1-2H3,(H,10,11)(H,12,13). The van der Waals surface area contributed by atoms with E-state index >= 15 is 0 Å². The Hall–Kier alpha value is -1.10. The Bertz CT molecular complexity index is 193. The summed E-state index contributed by atoms with van der Waals surface area (Å²) in [6.45, 7) is 3.96. The van der Waals surface area contributed by atoms with Gasteiger partial charge in [-0.25, -0.2) is 4.79 Å². The maximum Gasteiger partial charge on any atom is 0.332 e. The van der Waals surface area contributed by atoms with E-state index in [-0.39, 0.29) is 12.5 Å². The van der Waals surface area contributed by atoms with Crippen LogP contribution in [0.4, 0.5) is 0 Å². The summed E-state index contributed by atoms with van der Waals surface area (Å²) in [5.74, 6) is -1.02. The first kappa shape index (κ1) is 12.9. The third-order valence-electron chi connectivity index (χ3n) is 1.62. The minimum absolute atomic E-state index is 0.0286. The number of ether oxygens (including phenoxy) is 1. The quantitative estimate of drug-likeness (QED) is 0.587. The number of hydrogen-bond donors (Lipinski definition) is 2. The van der Waals surface area contributed by atoms with Gasteiger partial charge in [0.2, 0.25) is 5.91 Å². The van der Waals surface area contributed by atoms with Gasteiger partial charge >= 0.3 is 5.97 Å². The van der Waals surface area contributed by atoms with Crippen LogP contribution in [0, 0.1) is 0 Å². The Morgan fingerprint density at radius 1 is 1.50 bits per heavy atom. The largest absolute Gasteiger partial charge is 0.479 e. The lowest BCUT2D eigenvalue weighted by atomic mass is 10.3. The summed E-state index contributed by atoms with van der Waals surface area (Å²) >= 11 is 0. The van der Waals surface area contributed by atoms with Crippen molar-refractivity contribution < 1.29 is 19.4 Å². The summed E-state index contributed by atoms with van der Waals surface area (Å²) < 4.78 is 4.92. The maximum absolute atomic E-state index is 10.9. The lowest BCUT2D eigenvalue weighted by Crippen LogP contribution is -2.29. The third kappa shape index (κ3) is 6.42. The van der Waals surface area contributed by atoms with Gasteiger partial charge in [-0.3, -0.25) is 4.79 Å². The zero-order valence-corrected chi connectivity index (χ0v) is 8.58. The molecule has 82 valence electrons. The smallest absolute Gasteiger partial charge is 0.332 e. The average Bonchev–Trinajstić information content (AvgIpc) is 2.12. The highest BCUT2D eigenvalue weighted by atomic mass is 16.5. The van der Waals surface area contributed by atoms with Gasteiger partial charge in [0.25, 0.3) is 0 Å². The van der Waals surface area contributed by atoms with Gasteiger partial charge in [0, 0.05) is 13.0 Å². The molecule has 2 N–H and O–H groups in total. The topological polar surface area (TPSA) is 75.6 Å². The van der Waals surface area contributed by atoms with Gasteiger partial charge in [0.15, 0.2) is 6.10 Å². The van der Waals surface area contributed by atoms with Crippen LogP contribution in [0.15, 0.2) is 0 Å². The molecule has 0 radical (unpaired) electrons. The van der Waals surface area contributed by atoms with Crippen molar-refractivity contribution in [2.45, 2.75) is 32.8 Å². The van der Waals surface area contributed by atoms with Crippen LogP contribution in [0.2, 0.25) is 0 Å². The summed E-state index contributed by atoms with van der Waals surface area (Å²) in [5, 5.41) is 11.1. The lowest BCUT2D eigenvalue weighted by molar-refractivity contribution is -0.148. The fraction of sp³-hybridized carbons (Fsp3) is 0.778. The zero-order valence-electron chi connectivity index (χ0n) is 8.58. The van der Waals surface area contributed by atoms with Crippen molar-refractivity contribution in [1.82, 2.24) is 5.32 Å². The number of amides is 1. The molecular formula is C9H17NO4. The highest BCUT2D eigenvalue weighted by Crippen LogP contribution is 1.89. The Kier molecular flexibility index (Phi) is 6.74. The first-order valence-electron chi connectivity index (χ1n) is 4.69. The van der Waals surface area contributed by atoms with E-state index in [1.807, 2.05) is 6.92 Å². The minimum atomic E-state index is -0.995.